The largest absolute Gasteiger partial charge is 0.438 e. The molecule has 0 N–H and O–H groups in total. The number of hydrogen-bond acceptors (Lipinski definition) is 4. The van der Waals surface area contributed by atoms with Gasteiger partial charge in [0.15, 0.2) is 0 Å². The van der Waals surface area contributed by atoms with E-state index in [1.54, 1.807) is 0 Å². The molecule has 1 aromatic carbocycles. The van der Waals surface area contributed by atoms with Crippen LogP contribution in [0.25, 0.3) is 0 Å². The lowest BCUT2D eigenvalue weighted by molar-refractivity contribution is -0.385. The molecule has 19 heavy (non-hydrogen) atoms. The van der Waals surface area contributed by atoms with Gasteiger partial charge in [0.1, 0.15) is 17.8 Å². The minimum atomic E-state index is -0.560. The molecule has 0 fully saturated rings. The van der Waals surface area contributed by atoms with Crippen molar-refractivity contribution >= 4 is 37.5 Å². The lowest BCUT2D eigenvalue weighted by atomic mass is 10.3. The predicted octanol–water partition coefficient (Wildman–Crippen LogP) is 4.45. The zero-order valence-electron chi connectivity index (χ0n) is 9.14. The highest BCUT2D eigenvalue weighted by Crippen LogP contribution is 2.31. The van der Waals surface area contributed by atoms with Crippen LogP contribution in [0, 0.1) is 15.9 Å². The van der Waals surface area contributed by atoms with Gasteiger partial charge in [0, 0.05) is 6.07 Å². The molecule has 0 radical (unpaired) electrons. The smallest absolute Gasteiger partial charge is 0.288 e. The number of halogens is 3. The van der Waals surface area contributed by atoms with Gasteiger partial charge in [-0.1, -0.05) is 0 Å². The number of pyridine rings is 1. The van der Waals surface area contributed by atoms with Crippen LogP contribution in [0.5, 0.6) is 11.6 Å². The summed E-state index contributed by atoms with van der Waals surface area (Å²) in [7, 11) is 0. The van der Waals surface area contributed by atoms with E-state index < -0.39 is 10.7 Å². The quantitative estimate of drug-likeness (QED) is 0.572. The van der Waals surface area contributed by atoms with Gasteiger partial charge in [-0.25, -0.2) is 9.37 Å². The molecule has 1 heterocycles. The fourth-order valence-corrected chi connectivity index (χ4v) is 2.02. The van der Waals surface area contributed by atoms with E-state index in [2.05, 4.69) is 36.8 Å². The van der Waals surface area contributed by atoms with Gasteiger partial charge in [0.2, 0.25) is 5.88 Å². The zero-order chi connectivity index (χ0) is 14.0. The number of aromatic nitrogens is 1. The maximum atomic E-state index is 13.1. The molecule has 0 aliphatic heterocycles. The summed E-state index contributed by atoms with van der Waals surface area (Å²) in [6.07, 6.45) is 1.08. The molecule has 0 bridgehead atoms. The molecule has 8 heteroatoms. The summed E-state index contributed by atoms with van der Waals surface area (Å²) < 4.78 is 19.0. The summed E-state index contributed by atoms with van der Waals surface area (Å²) in [6, 6.07) is 5.38. The summed E-state index contributed by atoms with van der Waals surface area (Å²) >= 11 is 6.16. The molecule has 2 aromatic rings. The van der Waals surface area contributed by atoms with Crippen LogP contribution in [0.1, 0.15) is 0 Å². The van der Waals surface area contributed by atoms with Crippen LogP contribution in [0.15, 0.2) is 39.4 Å². The molecule has 0 unspecified atom stereocenters. The van der Waals surface area contributed by atoms with Crippen molar-refractivity contribution in [2.24, 2.45) is 0 Å². The van der Waals surface area contributed by atoms with Crippen molar-refractivity contribution in [3.63, 3.8) is 0 Å². The highest BCUT2D eigenvalue weighted by Gasteiger charge is 2.12. The van der Waals surface area contributed by atoms with E-state index in [0.29, 0.717) is 10.2 Å². The monoisotopic (exact) mass is 390 g/mol. The average molecular weight is 392 g/mol. The van der Waals surface area contributed by atoms with Gasteiger partial charge in [-0.05, 0) is 50.1 Å². The first-order valence-electron chi connectivity index (χ1n) is 4.90. The van der Waals surface area contributed by atoms with Gasteiger partial charge in [-0.2, -0.15) is 0 Å². The van der Waals surface area contributed by atoms with Crippen LogP contribution in [0.4, 0.5) is 10.1 Å². The highest BCUT2D eigenvalue weighted by atomic mass is 79.9. The first kappa shape index (κ1) is 13.9. The Morgan fingerprint density at radius 3 is 2.58 bits per heavy atom. The molecule has 98 valence electrons. The van der Waals surface area contributed by atoms with Crippen LogP contribution in [-0.2, 0) is 0 Å². The van der Waals surface area contributed by atoms with Crippen molar-refractivity contribution in [2.75, 3.05) is 0 Å². The summed E-state index contributed by atoms with van der Waals surface area (Å²) in [5.41, 5.74) is -0.153. The van der Waals surface area contributed by atoms with Crippen molar-refractivity contribution in [1.82, 2.24) is 4.98 Å². The van der Waals surface area contributed by atoms with E-state index >= 15 is 0 Å². The van der Waals surface area contributed by atoms with Crippen molar-refractivity contribution in [2.45, 2.75) is 0 Å². The van der Waals surface area contributed by atoms with Crippen molar-refractivity contribution in [3.8, 4) is 11.6 Å². The Bertz CT molecular complexity index is 652. The summed E-state index contributed by atoms with van der Waals surface area (Å²) in [5, 5.41) is 10.6. The number of rotatable bonds is 3. The van der Waals surface area contributed by atoms with Gasteiger partial charge < -0.3 is 4.74 Å². The molecule has 1 aromatic heterocycles. The van der Waals surface area contributed by atoms with E-state index in [1.807, 2.05) is 0 Å². The molecule has 0 aliphatic rings. The minimum Gasteiger partial charge on any atom is -0.438 e. The molecule has 0 amide bonds. The maximum Gasteiger partial charge on any atom is 0.288 e. The van der Waals surface area contributed by atoms with E-state index in [4.69, 9.17) is 4.74 Å². The maximum absolute atomic E-state index is 13.1. The Hall–Kier alpha value is -1.54. The van der Waals surface area contributed by atoms with Crippen molar-refractivity contribution in [3.05, 3.63) is 55.3 Å². The highest BCUT2D eigenvalue weighted by molar-refractivity contribution is 9.10. The predicted molar refractivity (Wildman–Crippen MR) is 72.8 cm³/mol. The fraction of sp³-hybridized carbons (Fsp3) is 0. The molecular weight excluding hydrogens is 387 g/mol. The van der Waals surface area contributed by atoms with Gasteiger partial charge >= 0.3 is 0 Å². The summed E-state index contributed by atoms with van der Waals surface area (Å²) in [5.74, 6) is 0.0995. The molecule has 5 nitrogen and oxygen atoms in total. The van der Waals surface area contributed by atoms with Gasteiger partial charge in [0.25, 0.3) is 5.69 Å². The number of nitro groups is 1. The normalized spacial score (nSPS) is 10.3. The molecule has 0 saturated heterocycles. The first-order valence-corrected chi connectivity index (χ1v) is 6.49. The summed E-state index contributed by atoms with van der Waals surface area (Å²) in [4.78, 5) is 13.8. The Morgan fingerprint density at radius 1 is 1.26 bits per heavy atom. The second kappa shape index (κ2) is 5.62. The van der Waals surface area contributed by atoms with Crippen LogP contribution in [-0.4, -0.2) is 9.91 Å². The Kier molecular flexibility index (Phi) is 4.11. The van der Waals surface area contributed by atoms with Crippen LogP contribution in [0.2, 0.25) is 0 Å². The standard InChI is InChI=1S/C11H5Br2FN2O3/c12-8-4-7(1-2-10(8)14)19-11-9(13)3-6(5-15-11)16(17)18/h1-5H. The third kappa shape index (κ3) is 3.27. The van der Waals surface area contributed by atoms with Gasteiger partial charge in [-0.15, -0.1) is 0 Å². The van der Waals surface area contributed by atoms with E-state index in [0.717, 1.165) is 6.20 Å². The molecule has 0 atom stereocenters. The van der Waals surface area contributed by atoms with E-state index in [1.165, 1.54) is 24.3 Å². The number of hydrogen-bond donors (Lipinski definition) is 0. The lowest BCUT2D eigenvalue weighted by Gasteiger charge is -2.06. The zero-order valence-corrected chi connectivity index (χ0v) is 12.3. The van der Waals surface area contributed by atoms with Crippen LogP contribution < -0.4 is 4.74 Å². The Morgan fingerprint density at radius 2 is 2.00 bits per heavy atom. The number of nitrogens with zero attached hydrogens (tertiary/aromatic N) is 2. The third-order valence-corrected chi connectivity index (χ3v) is 3.29. The topological polar surface area (TPSA) is 65.3 Å². The number of ether oxygens (including phenoxy) is 1. The first-order chi connectivity index (χ1) is 8.97. The SMILES string of the molecule is O=[N+]([O-])c1cnc(Oc2ccc(F)c(Br)c2)c(Br)c1. The number of benzene rings is 1. The molecular formula is C11H5Br2FN2O3. The fourth-order valence-electron chi connectivity index (χ4n) is 1.24. The van der Waals surface area contributed by atoms with Crippen molar-refractivity contribution < 1.29 is 14.1 Å². The second-order valence-electron chi connectivity index (χ2n) is 3.42. The third-order valence-electron chi connectivity index (χ3n) is 2.11. The minimum absolute atomic E-state index is 0.153. The molecule has 0 aliphatic carbocycles. The van der Waals surface area contributed by atoms with E-state index in [-0.39, 0.29) is 16.0 Å². The van der Waals surface area contributed by atoms with Gasteiger partial charge in [0.05, 0.1) is 13.9 Å². The Labute approximate surface area is 123 Å². The lowest BCUT2D eigenvalue weighted by Crippen LogP contribution is -1.93. The average Bonchev–Trinajstić information content (AvgIpc) is 2.36. The Balaban J connectivity index is 2.28. The van der Waals surface area contributed by atoms with E-state index in [9.17, 15) is 14.5 Å². The molecule has 0 spiro atoms. The summed E-state index contributed by atoms with van der Waals surface area (Å²) in [6.45, 7) is 0. The van der Waals surface area contributed by atoms with Gasteiger partial charge in [-0.3, -0.25) is 10.1 Å². The molecule has 0 saturated carbocycles. The second-order valence-corrected chi connectivity index (χ2v) is 5.12. The van der Waals surface area contributed by atoms with Crippen LogP contribution >= 0.6 is 31.9 Å². The van der Waals surface area contributed by atoms with Crippen molar-refractivity contribution in [1.29, 1.82) is 0 Å². The van der Waals surface area contributed by atoms with Crippen LogP contribution in [0.3, 0.4) is 0 Å². The molecule has 2 rings (SSSR count).